The maximum atomic E-state index is 10.2. The predicted molar refractivity (Wildman–Crippen MR) is 120 cm³/mol. The summed E-state index contributed by atoms with van der Waals surface area (Å²) in [6.45, 7) is 6.93. The van der Waals surface area contributed by atoms with Gasteiger partial charge >= 0.3 is 0 Å². The normalized spacial score (nSPS) is 14.7. The largest absolute Gasteiger partial charge is 0.489 e. The number of ether oxygens (including phenoxy) is 1. The van der Waals surface area contributed by atoms with Crippen LogP contribution in [0.25, 0.3) is 0 Å². The van der Waals surface area contributed by atoms with E-state index in [1.54, 1.807) is 0 Å². The summed E-state index contributed by atoms with van der Waals surface area (Å²) < 4.78 is 6.24. The van der Waals surface area contributed by atoms with Crippen LogP contribution in [0, 0.1) is 0 Å². The molecular weight excluding hydrogens is 363 g/mol. The fourth-order valence-corrected chi connectivity index (χ4v) is 5.13. The second-order valence-electron chi connectivity index (χ2n) is 7.34. The van der Waals surface area contributed by atoms with Crippen LogP contribution in [0.1, 0.15) is 50.0 Å². The van der Waals surface area contributed by atoms with E-state index in [0.29, 0.717) is 15.2 Å². The van der Waals surface area contributed by atoms with Gasteiger partial charge in [-0.3, -0.25) is 0 Å². The van der Waals surface area contributed by atoms with E-state index < -0.39 is 6.10 Å². The fraction of sp³-hybridized carbons (Fsp3) is 0.280. The molecule has 28 heavy (non-hydrogen) atoms. The number of benzene rings is 3. The monoisotopic (exact) mass is 392 g/mol. The van der Waals surface area contributed by atoms with Crippen LogP contribution < -0.4 is 10.0 Å². The lowest BCUT2D eigenvalue weighted by molar-refractivity contribution is 0.200. The summed E-state index contributed by atoms with van der Waals surface area (Å²) in [4.78, 5) is 0. The zero-order chi connectivity index (χ0) is 20.0. The molecule has 0 saturated carbocycles. The lowest BCUT2D eigenvalue weighted by atomic mass is 9.96. The van der Waals surface area contributed by atoms with Crippen molar-refractivity contribution in [2.45, 2.75) is 45.1 Å². The fourth-order valence-electron chi connectivity index (χ4n) is 3.40. The van der Waals surface area contributed by atoms with E-state index in [1.807, 2.05) is 43.3 Å². The Hall–Kier alpha value is -2.15. The van der Waals surface area contributed by atoms with Crippen molar-refractivity contribution in [2.24, 2.45) is 0 Å². The molecule has 0 aromatic heterocycles. The molecule has 3 heteroatoms. The van der Waals surface area contributed by atoms with E-state index in [0.717, 1.165) is 23.3 Å². The first kappa shape index (κ1) is 20.6. The molecule has 0 heterocycles. The van der Waals surface area contributed by atoms with Crippen LogP contribution >= 0.6 is 8.58 Å². The highest BCUT2D eigenvalue weighted by Crippen LogP contribution is 2.47. The molecule has 0 radical (unpaired) electrons. The molecule has 0 bridgehead atoms. The third-order valence-electron chi connectivity index (χ3n) is 5.25. The summed E-state index contributed by atoms with van der Waals surface area (Å²) in [6, 6.07) is 26.9. The highest BCUT2D eigenvalue weighted by Gasteiger charge is 2.29. The molecule has 0 amide bonds. The molecule has 3 aromatic carbocycles. The van der Waals surface area contributed by atoms with Gasteiger partial charge in [0.15, 0.2) is 0 Å². The minimum absolute atomic E-state index is 0.0573. The number of hydrogen-bond acceptors (Lipinski definition) is 2. The molecular formula is C25H29O2P. The Morgan fingerprint density at radius 2 is 1.57 bits per heavy atom. The first-order chi connectivity index (χ1) is 13.5. The Morgan fingerprint density at radius 3 is 2.29 bits per heavy atom. The molecule has 3 unspecified atom stereocenters. The average Bonchev–Trinajstić information content (AvgIpc) is 2.73. The van der Waals surface area contributed by atoms with Gasteiger partial charge in [0.2, 0.25) is 0 Å². The van der Waals surface area contributed by atoms with Gasteiger partial charge in [0.25, 0.3) is 0 Å². The van der Waals surface area contributed by atoms with Crippen LogP contribution in [-0.2, 0) is 11.8 Å². The maximum Gasteiger partial charge on any atom is 0.123 e. The smallest absolute Gasteiger partial charge is 0.123 e. The molecule has 3 aromatic rings. The molecule has 0 spiro atoms. The van der Waals surface area contributed by atoms with Crippen molar-refractivity contribution < 1.29 is 9.84 Å². The second kappa shape index (κ2) is 9.37. The Kier molecular flexibility index (Phi) is 6.88. The van der Waals surface area contributed by atoms with Crippen LogP contribution in [-0.4, -0.2) is 5.11 Å². The van der Waals surface area contributed by atoms with Crippen molar-refractivity contribution in [1.82, 2.24) is 0 Å². The summed E-state index contributed by atoms with van der Waals surface area (Å²) in [6.07, 6.45) is 0.528. The summed E-state index contributed by atoms with van der Waals surface area (Å²) >= 11 is 0. The van der Waals surface area contributed by atoms with Crippen molar-refractivity contribution in [3.8, 4) is 5.75 Å². The zero-order valence-electron chi connectivity index (χ0n) is 16.9. The Balaban J connectivity index is 1.89. The predicted octanol–water partition coefficient (Wildman–Crippen LogP) is 5.95. The zero-order valence-corrected chi connectivity index (χ0v) is 17.9. The first-order valence-electron chi connectivity index (χ1n) is 9.85. The summed E-state index contributed by atoms with van der Waals surface area (Å²) in [5.74, 6) is 0.942. The summed E-state index contributed by atoms with van der Waals surface area (Å²) in [7, 11) is 0.545. The highest BCUT2D eigenvalue weighted by atomic mass is 31.1. The molecule has 0 aliphatic carbocycles. The topological polar surface area (TPSA) is 29.5 Å². The SMILES string of the molecule is CCC(C)(Pc1ccccc1C(C)O)c1ccccc1OCc1ccccc1. The van der Waals surface area contributed by atoms with E-state index in [2.05, 4.69) is 56.3 Å². The van der Waals surface area contributed by atoms with Crippen molar-refractivity contribution in [1.29, 1.82) is 0 Å². The van der Waals surface area contributed by atoms with Gasteiger partial charge in [-0.25, -0.2) is 0 Å². The molecule has 0 fully saturated rings. The van der Waals surface area contributed by atoms with E-state index >= 15 is 0 Å². The summed E-state index contributed by atoms with van der Waals surface area (Å²) in [5, 5.41) is 11.4. The molecule has 1 N–H and O–H groups in total. The van der Waals surface area contributed by atoms with Crippen LogP contribution in [0.3, 0.4) is 0 Å². The van der Waals surface area contributed by atoms with Crippen molar-refractivity contribution in [2.75, 3.05) is 0 Å². The minimum Gasteiger partial charge on any atom is -0.489 e. The van der Waals surface area contributed by atoms with Crippen LogP contribution in [0.5, 0.6) is 5.75 Å². The van der Waals surface area contributed by atoms with E-state index in [4.69, 9.17) is 4.74 Å². The number of aliphatic hydroxyl groups excluding tert-OH is 1. The quantitative estimate of drug-likeness (QED) is 0.480. The van der Waals surface area contributed by atoms with E-state index in [9.17, 15) is 5.11 Å². The van der Waals surface area contributed by atoms with Crippen molar-refractivity contribution in [3.63, 3.8) is 0 Å². The molecule has 0 aliphatic heterocycles. The Morgan fingerprint density at radius 1 is 0.929 bits per heavy atom. The first-order valence-corrected chi connectivity index (χ1v) is 10.8. The number of hydrogen-bond donors (Lipinski definition) is 1. The van der Waals surface area contributed by atoms with Gasteiger partial charge in [-0.2, -0.15) is 0 Å². The molecule has 3 rings (SSSR count). The van der Waals surface area contributed by atoms with Gasteiger partial charge < -0.3 is 9.84 Å². The van der Waals surface area contributed by atoms with E-state index in [1.165, 1.54) is 10.9 Å². The third kappa shape index (κ3) is 4.82. The second-order valence-corrected chi connectivity index (χ2v) is 9.24. The van der Waals surface area contributed by atoms with Gasteiger partial charge in [-0.15, -0.1) is 0 Å². The van der Waals surface area contributed by atoms with Gasteiger partial charge in [0.05, 0.1) is 6.10 Å². The van der Waals surface area contributed by atoms with Gasteiger partial charge in [-0.05, 0) is 35.8 Å². The molecule has 146 valence electrons. The standard InChI is InChI=1S/C25H29O2P/c1-4-25(3,28-24-17-11-8-14-21(24)19(2)26)22-15-9-10-16-23(22)27-18-20-12-6-5-7-13-20/h5-17,19,26,28H,4,18H2,1-3H3. The van der Waals surface area contributed by atoms with Crippen molar-refractivity contribution >= 4 is 13.9 Å². The minimum atomic E-state index is -0.464. The van der Waals surface area contributed by atoms with E-state index in [-0.39, 0.29) is 5.16 Å². The number of rotatable bonds is 8. The van der Waals surface area contributed by atoms with Crippen LogP contribution in [0.4, 0.5) is 0 Å². The molecule has 0 aliphatic rings. The van der Waals surface area contributed by atoms with Gasteiger partial charge in [0, 0.05) is 10.7 Å². The van der Waals surface area contributed by atoms with Gasteiger partial charge in [-0.1, -0.05) is 95.2 Å². The van der Waals surface area contributed by atoms with Crippen LogP contribution in [0.15, 0.2) is 78.9 Å². The number of para-hydroxylation sites is 1. The molecule has 3 atom stereocenters. The highest BCUT2D eigenvalue weighted by molar-refractivity contribution is 7.48. The lowest BCUT2D eigenvalue weighted by Crippen LogP contribution is -2.21. The number of aliphatic hydroxyl groups is 1. The Labute approximate surface area is 170 Å². The maximum absolute atomic E-state index is 10.2. The molecule has 0 saturated heterocycles. The summed E-state index contributed by atoms with van der Waals surface area (Å²) in [5.41, 5.74) is 3.41. The molecule has 2 nitrogen and oxygen atoms in total. The van der Waals surface area contributed by atoms with Gasteiger partial charge in [0.1, 0.15) is 12.4 Å². The van der Waals surface area contributed by atoms with Crippen molar-refractivity contribution in [3.05, 3.63) is 95.6 Å². The Bertz CT molecular complexity index is 892. The van der Waals surface area contributed by atoms with Crippen LogP contribution in [0.2, 0.25) is 0 Å². The average molecular weight is 392 g/mol. The third-order valence-corrected chi connectivity index (χ3v) is 7.15. The lowest BCUT2D eigenvalue weighted by Gasteiger charge is -2.32.